The number of halogens is 1. The molecule has 1 atom stereocenters. The van der Waals surface area contributed by atoms with E-state index < -0.39 is 5.25 Å². The van der Waals surface area contributed by atoms with Crippen molar-refractivity contribution >= 4 is 40.6 Å². The number of rotatable bonds is 8. The summed E-state index contributed by atoms with van der Waals surface area (Å²) in [7, 11) is 0. The molecule has 3 aromatic carbocycles. The molecule has 4 rings (SSSR count). The molecule has 0 bridgehead atoms. The van der Waals surface area contributed by atoms with Gasteiger partial charge in [0.25, 0.3) is 0 Å². The van der Waals surface area contributed by atoms with Gasteiger partial charge in [0.05, 0.1) is 17.5 Å². The lowest BCUT2D eigenvalue weighted by Crippen LogP contribution is -2.24. The Hall–Kier alpha value is -3.29. The van der Waals surface area contributed by atoms with Crippen molar-refractivity contribution in [2.75, 3.05) is 10.6 Å². The Morgan fingerprint density at radius 3 is 2.37 bits per heavy atom. The molecular formula is C27H28ClN5OS. The zero-order chi connectivity index (χ0) is 24.9. The third-order valence-electron chi connectivity index (χ3n) is 5.65. The number of carbonyl (C=O) groups is 1. The van der Waals surface area contributed by atoms with E-state index in [1.54, 1.807) is 0 Å². The number of para-hydroxylation sites is 1. The maximum Gasteiger partial charge on any atom is 0.237 e. The number of aromatic nitrogens is 3. The summed E-state index contributed by atoms with van der Waals surface area (Å²) < 4.78 is 1.94. The second-order valence-corrected chi connectivity index (χ2v) is 10.2. The molecule has 0 unspecified atom stereocenters. The van der Waals surface area contributed by atoms with Crippen LogP contribution in [0.25, 0.3) is 5.69 Å². The summed E-state index contributed by atoms with van der Waals surface area (Å²) in [5.74, 6) is 0.630. The van der Waals surface area contributed by atoms with Crippen molar-refractivity contribution in [3.63, 3.8) is 0 Å². The average molecular weight is 506 g/mol. The summed E-state index contributed by atoms with van der Waals surface area (Å²) in [6, 6.07) is 21.7. The predicted octanol–water partition coefficient (Wildman–Crippen LogP) is 6.58. The van der Waals surface area contributed by atoms with E-state index in [0.29, 0.717) is 16.7 Å². The number of aryl methyl sites for hydroxylation is 3. The molecule has 1 amide bonds. The highest BCUT2D eigenvalue weighted by Gasteiger charge is 2.22. The summed E-state index contributed by atoms with van der Waals surface area (Å²) >= 11 is 7.65. The second-order valence-electron chi connectivity index (χ2n) is 8.45. The molecule has 0 fully saturated rings. The number of anilines is 2. The largest absolute Gasteiger partial charge is 0.378 e. The molecule has 0 aliphatic heterocycles. The number of benzene rings is 3. The van der Waals surface area contributed by atoms with Gasteiger partial charge in [0, 0.05) is 16.4 Å². The molecule has 0 aliphatic rings. The molecule has 180 valence electrons. The molecule has 35 heavy (non-hydrogen) atoms. The molecule has 2 N–H and O–H groups in total. The lowest BCUT2D eigenvalue weighted by molar-refractivity contribution is -0.115. The van der Waals surface area contributed by atoms with Crippen molar-refractivity contribution in [1.29, 1.82) is 0 Å². The highest BCUT2D eigenvalue weighted by molar-refractivity contribution is 8.00. The number of nitrogens with one attached hydrogen (secondary N) is 2. The first-order valence-corrected chi connectivity index (χ1v) is 12.6. The Labute approximate surface area is 215 Å². The summed E-state index contributed by atoms with van der Waals surface area (Å²) in [4.78, 5) is 13.0. The minimum absolute atomic E-state index is 0.0904. The van der Waals surface area contributed by atoms with E-state index in [2.05, 4.69) is 39.9 Å². The molecule has 0 spiro atoms. The van der Waals surface area contributed by atoms with E-state index in [0.717, 1.165) is 34.0 Å². The Morgan fingerprint density at radius 2 is 1.69 bits per heavy atom. The van der Waals surface area contributed by atoms with E-state index in [1.807, 2.05) is 79.9 Å². The van der Waals surface area contributed by atoms with Gasteiger partial charge in [-0.15, -0.1) is 10.2 Å². The van der Waals surface area contributed by atoms with Gasteiger partial charge in [-0.25, -0.2) is 0 Å². The third-order valence-corrected chi connectivity index (χ3v) is 6.93. The van der Waals surface area contributed by atoms with Gasteiger partial charge in [-0.3, -0.25) is 9.36 Å². The van der Waals surface area contributed by atoms with E-state index in [-0.39, 0.29) is 5.91 Å². The van der Waals surface area contributed by atoms with Gasteiger partial charge in [-0.2, -0.15) is 0 Å². The number of hydrogen-bond donors (Lipinski definition) is 2. The van der Waals surface area contributed by atoms with Crippen molar-refractivity contribution in [1.82, 2.24) is 14.8 Å². The minimum Gasteiger partial charge on any atom is -0.378 e. The van der Waals surface area contributed by atoms with Crippen molar-refractivity contribution in [3.8, 4) is 5.69 Å². The maximum atomic E-state index is 13.0. The van der Waals surface area contributed by atoms with Crippen LogP contribution in [0.4, 0.5) is 11.4 Å². The molecular weight excluding hydrogens is 478 g/mol. The second kappa shape index (κ2) is 11.0. The topological polar surface area (TPSA) is 71.8 Å². The van der Waals surface area contributed by atoms with Crippen LogP contribution in [0, 0.1) is 20.8 Å². The van der Waals surface area contributed by atoms with E-state index in [4.69, 9.17) is 11.6 Å². The predicted molar refractivity (Wildman–Crippen MR) is 145 cm³/mol. The summed E-state index contributed by atoms with van der Waals surface area (Å²) in [5.41, 5.74) is 5.94. The number of amides is 1. The van der Waals surface area contributed by atoms with Crippen LogP contribution in [0.5, 0.6) is 0 Å². The number of carbonyl (C=O) groups excluding carboxylic acids is 1. The van der Waals surface area contributed by atoms with Crippen molar-refractivity contribution in [2.45, 2.75) is 44.6 Å². The van der Waals surface area contributed by atoms with Crippen LogP contribution in [-0.4, -0.2) is 25.9 Å². The van der Waals surface area contributed by atoms with Crippen LogP contribution in [0.15, 0.2) is 71.9 Å². The van der Waals surface area contributed by atoms with Gasteiger partial charge < -0.3 is 10.6 Å². The number of thioether (sulfide) groups is 1. The fourth-order valence-electron chi connectivity index (χ4n) is 3.67. The summed E-state index contributed by atoms with van der Waals surface area (Å²) in [5, 5.41) is 16.2. The smallest absolute Gasteiger partial charge is 0.237 e. The normalized spacial score (nSPS) is 11.8. The monoisotopic (exact) mass is 505 g/mol. The van der Waals surface area contributed by atoms with Crippen molar-refractivity contribution in [2.24, 2.45) is 0 Å². The molecule has 0 radical (unpaired) electrons. The molecule has 1 heterocycles. The van der Waals surface area contributed by atoms with E-state index >= 15 is 0 Å². The fraction of sp³-hybridized carbons (Fsp3) is 0.222. The average Bonchev–Trinajstić information content (AvgIpc) is 3.23. The van der Waals surface area contributed by atoms with Crippen LogP contribution in [0.1, 0.15) is 29.4 Å². The molecule has 0 saturated carbocycles. The molecule has 8 heteroatoms. The van der Waals surface area contributed by atoms with Gasteiger partial charge >= 0.3 is 0 Å². The standard InChI is InChI=1S/C27H28ClN5OS/c1-17-11-13-22(14-12-17)29-16-24-31-32-27(33(24)23-10-6-9-21(28)15-23)35-20(4)26(34)30-25-18(2)7-5-8-19(25)3/h5-15,20,29H,16H2,1-4H3,(H,30,34)/t20-/m1/s1. The zero-order valence-electron chi connectivity index (χ0n) is 20.2. The molecule has 0 aliphatic carbocycles. The van der Waals surface area contributed by atoms with Crippen LogP contribution in [0.3, 0.4) is 0 Å². The third kappa shape index (κ3) is 6.05. The Morgan fingerprint density at radius 1 is 1.00 bits per heavy atom. The first-order chi connectivity index (χ1) is 16.8. The van der Waals surface area contributed by atoms with Crippen LogP contribution >= 0.6 is 23.4 Å². The molecule has 4 aromatic rings. The first-order valence-electron chi connectivity index (χ1n) is 11.4. The molecule has 0 saturated heterocycles. The summed E-state index contributed by atoms with van der Waals surface area (Å²) in [6.45, 7) is 8.37. The van der Waals surface area contributed by atoms with E-state index in [1.165, 1.54) is 17.3 Å². The number of hydrogen-bond acceptors (Lipinski definition) is 5. The Bertz CT molecular complexity index is 1320. The van der Waals surface area contributed by atoms with Gasteiger partial charge in [-0.1, -0.05) is 65.3 Å². The maximum absolute atomic E-state index is 13.0. The Balaban J connectivity index is 1.57. The highest BCUT2D eigenvalue weighted by Crippen LogP contribution is 2.29. The first kappa shape index (κ1) is 24.8. The van der Waals surface area contributed by atoms with Crippen LogP contribution in [-0.2, 0) is 11.3 Å². The van der Waals surface area contributed by atoms with Gasteiger partial charge in [0.1, 0.15) is 0 Å². The van der Waals surface area contributed by atoms with Gasteiger partial charge in [0.15, 0.2) is 11.0 Å². The highest BCUT2D eigenvalue weighted by atomic mass is 35.5. The SMILES string of the molecule is Cc1ccc(NCc2nnc(S[C@H](C)C(=O)Nc3c(C)cccc3C)n2-c2cccc(Cl)c2)cc1. The Kier molecular flexibility index (Phi) is 7.78. The van der Waals surface area contributed by atoms with Gasteiger partial charge in [0.2, 0.25) is 5.91 Å². The quantitative estimate of drug-likeness (QED) is 0.265. The van der Waals surface area contributed by atoms with E-state index in [9.17, 15) is 4.79 Å². The minimum atomic E-state index is -0.394. The van der Waals surface area contributed by atoms with Crippen LogP contribution in [0.2, 0.25) is 5.02 Å². The van der Waals surface area contributed by atoms with Crippen molar-refractivity contribution < 1.29 is 4.79 Å². The van der Waals surface area contributed by atoms with Crippen LogP contribution < -0.4 is 10.6 Å². The lowest BCUT2D eigenvalue weighted by atomic mass is 10.1. The number of nitrogens with zero attached hydrogens (tertiary/aromatic N) is 3. The van der Waals surface area contributed by atoms with Gasteiger partial charge in [-0.05, 0) is 69.2 Å². The van der Waals surface area contributed by atoms with Crippen molar-refractivity contribution in [3.05, 3.63) is 94.3 Å². The summed E-state index contributed by atoms with van der Waals surface area (Å²) in [6.07, 6.45) is 0. The molecule has 6 nitrogen and oxygen atoms in total. The lowest BCUT2D eigenvalue weighted by Gasteiger charge is -2.16. The molecule has 1 aromatic heterocycles. The fourth-order valence-corrected chi connectivity index (χ4v) is 4.74. The zero-order valence-corrected chi connectivity index (χ0v) is 21.7.